The highest BCUT2D eigenvalue weighted by atomic mass is 31.2. The largest absolute Gasteiger partial charge is 0.472 e. The van der Waals surface area contributed by atoms with Gasteiger partial charge >= 0.3 is 13.8 Å². The molecular weight excluding hydrogens is 916 g/mol. The minimum Gasteiger partial charge on any atom is -0.456 e. The number of likely N-dealkylation sites (N-methyl/N-ethyl adjacent to an activating group) is 1. The lowest BCUT2D eigenvalue weighted by atomic mass is 10.0. The Morgan fingerprint density at radius 1 is 0.500 bits per heavy atom. The fraction of sp³-hybridized carbons (Fsp3) is 0.742. The number of allylic oxidation sites excluding steroid dienone is 13. The van der Waals surface area contributed by atoms with Crippen LogP contribution < -0.4 is 5.32 Å². The fourth-order valence-electron chi connectivity index (χ4n) is 8.21. The summed E-state index contributed by atoms with van der Waals surface area (Å²) in [6.45, 7) is 6.84. The van der Waals surface area contributed by atoms with E-state index in [4.69, 9.17) is 13.8 Å². The van der Waals surface area contributed by atoms with E-state index < -0.39 is 20.0 Å². The molecule has 9 nitrogen and oxygen atoms in total. The minimum absolute atomic E-state index is 0.0302. The topological polar surface area (TPSA) is 111 Å². The number of carbonyl (C=O) groups excluding carboxylic acids is 2. The molecule has 0 aliphatic heterocycles. The van der Waals surface area contributed by atoms with Crippen molar-refractivity contribution in [2.24, 2.45) is 0 Å². The minimum atomic E-state index is -4.46. The van der Waals surface area contributed by atoms with Gasteiger partial charge in [0.25, 0.3) is 0 Å². The number of amides is 1. The number of hydrogen-bond donors (Lipinski definition) is 2. The lowest BCUT2D eigenvalue weighted by Crippen LogP contribution is -2.47. The molecule has 0 radical (unpaired) electrons. The van der Waals surface area contributed by atoms with E-state index in [0.717, 1.165) is 64.2 Å². The van der Waals surface area contributed by atoms with E-state index in [-0.39, 0.29) is 31.5 Å². The summed E-state index contributed by atoms with van der Waals surface area (Å²) in [6, 6.07) is -0.868. The van der Waals surface area contributed by atoms with Crippen molar-refractivity contribution in [3.05, 3.63) is 85.1 Å². The molecule has 10 heteroatoms. The van der Waals surface area contributed by atoms with Crippen molar-refractivity contribution < 1.29 is 37.3 Å². The van der Waals surface area contributed by atoms with Gasteiger partial charge in [-0.15, -0.1) is 0 Å². The molecule has 0 aromatic carbocycles. The summed E-state index contributed by atoms with van der Waals surface area (Å²) in [4.78, 5) is 37.6. The molecule has 0 aliphatic carbocycles. The highest BCUT2D eigenvalue weighted by Gasteiger charge is 2.30. The van der Waals surface area contributed by atoms with Gasteiger partial charge in [-0.25, -0.2) is 4.57 Å². The summed E-state index contributed by atoms with van der Waals surface area (Å²) in [5.74, 6) is -0.554. The lowest BCUT2D eigenvalue weighted by molar-refractivity contribution is -0.870. The highest BCUT2D eigenvalue weighted by molar-refractivity contribution is 7.47. The molecule has 0 saturated heterocycles. The molecule has 1 amide bonds. The van der Waals surface area contributed by atoms with Crippen LogP contribution in [0.15, 0.2) is 85.1 Å². The average Bonchev–Trinajstić information content (AvgIpc) is 3.34. The molecule has 3 unspecified atom stereocenters. The van der Waals surface area contributed by atoms with E-state index >= 15 is 0 Å². The maximum atomic E-state index is 13.5. The van der Waals surface area contributed by atoms with Gasteiger partial charge in [-0.2, -0.15) is 0 Å². The predicted octanol–water partition coefficient (Wildman–Crippen LogP) is 17.8. The fourth-order valence-corrected chi connectivity index (χ4v) is 8.94. The second-order valence-corrected chi connectivity index (χ2v) is 22.4. The monoisotopic (exact) mass is 1030 g/mol. The molecule has 0 saturated carbocycles. The Bertz CT molecular complexity index is 1510. The molecule has 2 N–H and O–H groups in total. The van der Waals surface area contributed by atoms with Crippen LogP contribution in [0.3, 0.4) is 0 Å². The molecule has 0 fully saturated rings. The van der Waals surface area contributed by atoms with Crippen LogP contribution in [-0.2, 0) is 27.9 Å². The molecular formula is C62H112N2O7P+. The summed E-state index contributed by atoms with van der Waals surface area (Å²) >= 11 is 0. The third kappa shape index (κ3) is 52.1. The van der Waals surface area contributed by atoms with Gasteiger partial charge in [-0.3, -0.25) is 18.6 Å². The first-order valence-electron chi connectivity index (χ1n) is 29.5. The van der Waals surface area contributed by atoms with Crippen LogP contribution in [0.1, 0.15) is 245 Å². The predicted molar refractivity (Wildman–Crippen MR) is 309 cm³/mol. The first kappa shape index (κ1) is 69.2. The number of quaternary nitrogens is 1. The molecule has 3 atom stereocenters. The van der Waals surface area contributed by atoms with E-state index in [1.165, 1.54) is 141 Å². The molecule has 0 aliphatic rings. The van der Waals surface area contributed by atoms with Crippen LogP contribution in [0.25, 0.3) is 0 Å². The van der Waals surface area contributed by atoms with E-state index in [0.29, 0.717) is 23.9 Å². The third-order valence-corrected chi connectivity index (χ3v) is 13.7. The van der Waals surface area contributed by atoms with Gasteiger partial charge in [0, 0.05) is 12.8 Å². The SMILES string of the molecule is CC\C=C/C=C/C=C/C=C\C=C\C=C\CCCCCC(=O)OC(/C=C/CCCCCCCCCCCCC)C(COP(=O)(O)OCC[N+](C)(C)C)NC(=O)CCCCCCCCCCCCCCCCCC. The molecule has 0 spiro atoms. The van der Waals surface area contributed by atoms with Gasteiger partial charge in [0.2, 0.25) is 5.91 Å². The van der Waals surface area contributed by atoms with E-state index in [1.54, 1.807) is 0 Å². The summed E-state index contributed by atoms with van der Waals surface area (Å²) in [7, 11) is 1.46. The van der Waals surface area contributed by atoms with Gasteiger partial charge in [0.1, 0.15) is 19.3 Å². The van der Waals surface area contributed by atoms with Gasteiger partial charge in [0.15, 0.2) is 0 Å². The first-order valence-corrected chi connectivity index (χ1v) is 31.0. The van der Waals surface area contributed by atoms with E-state index in [1.807, 2.05) is 94.1 Å². The van der Waals surface area contributed by atoms with E-state index in [9.17, 15) is 19.0 Å². The van der Waals surface area contributed by atoms with Crippen molar-refractivity contribution in [1.82, 2.24) is 5.32 Å². The molecule has 0 aromatic rings. The lowest BCUT2D eigenvalue weighted by Gasteiger charge is -2.27. The van der Waals surface area contributed by atoms with Crippen LogP contribution >= 0.6 is 7.82 Å². The van der Waals surface area contributed by atoms with Crippen LogP contribution in [0, 0.1) is 0 Å². The van der Waals surface area contributed by atoms with Gasteiger partial charge in [0.05, 0.1) is 33.8 Å². The number of carbonyl (C=O) groups is 2. The number of nitrogens with zero attached hydrogens (tertiary/aromatic N) is 1. The van der Waals surface area contributed by atoms with E-state index in [2.05, 4.69) is 38.2 Å². The number of esters is 1. The van der Waals surface area contributed by atoms with Crippen molar-refractivity contribution in [2.45, 2.75) is 258 Å². The van der Waals surface area contributed by atoms with Crippen molar-refractivity contribution in [1.29, 1.82) is 0 Å². The second kappa shape index (κ2) is 51.7. The molecule has 0 bridgehead atoms. The molecule has 0 rings (SSSR count). The Morgan fingerprint density at radius 3 is 1.35 bits per heavy atom. The van der Waals surface area contributed by atoms with Gasteiger partial charge < -0.3 is 19.4 Å². The summed E-state index contributed by atoms with van der Waals surface area (Å²) in [5.41, 5.74) is 0. The van der Waals surface area contributed by atoms with Crippen molar-refractivity contribution in [2.75, 3.05) is 40.9 Å². The van der Waals surface area contributed by atoms with Crippen molar-refractivity contribution in [3.8, 4) is 0 Å². The number of unbranched alkanes of at least 4 members (excludes halogenated alkanes) is 29. The standard InChI is InChI=1S/C62H111N2O7P/c1-7-10-13-16-19-22-25-28-30-32-34-37-40-43-46-49-52-55-62(66)71-60(53-50-47-44-41-38-35-27-24-21-18-15-12-9-3)59(58-70-72(67,68)69-57-56-64(4,5)6)63-61(65)54-51-48-45-42-39-36-33-31-29-26-23-20-17-14-11-8-2/h10,13,16,19,22,25,28,30,32,34,37,40,50,53,59-60H,7-9,11-12,14-15,17-18,20-21,23-24,26-27,29,31,33,35-36,38-39,41-49,51-52,54-58H2,1-6H3,(H-,63,65,67,68)/p+1/b13-10-,19-16+,25-22+,30-28-,34-32+,40-37+,53-50+. The number of ether oxygens (including phenoxy) is 1. The second-order valence-electron chi connectivity index (χ2n) is 20.9. The average molecular weight is 1030 g/mol. The van der Waals surface area contributed by atoms with Crippen LogP contribution in [-0.4, -0.2) is 74.3 Å². The molecule has 416 valence electrons. The van der Waals surface area contributed by atoms with Gasteiger partial charge in [-0.1, -0.05) is 267 Å². The Hall–Kier alpha value is -2.81. The molecule has 0 heterocycles. The zero-order chi connectivity index (χ0) is 52.9. The maximum absolute atomic E-state index is 13.5. The number of rotatable bonds is 52. The number of nitrogens with one attached hydrogen (secondary N) is 1. The maximum Gasteiger partial charge on any atom is 0.472 e. The number of hydrogen-bond acceptors (Lipinski definition) is 6. The zero-order valence-electron chi connectivity index (χ0n) is 47.4. The number of phosphoric acid groups is 1. The Morgan fingerprint density at radius 2 is 0.889 bits per heavy atom. The Kier molecular flexibility index (Phi) is 49.6. The quantitative estimate of drug-likeness (QED) is 0.0156. The van der Waals surface area contributed by atoms with Crippen LogP contribution in [0.5, 0.6) is 0 Å². The summed E-state index contributed by atoms with van der Waals surface area (Å²) in [6.07, 6.45) is 67.1. The molecule has 0 aromatic heterocycles. The Labute approximate surface area is 444 Å². The normalized spacial score (nSPS) is 14.4. The van der Waals surface area contributed by atoms with Crippen molar-refractivity contribution >= 4 is 19.7 Å². The highest BCUT2D eigenvalue weighted by Crippen LogP contribution is 2.43. The molecule has 72 heavy (non-hydrogen) atoms. The zero-order valence-corrected chi connectivity index (χ0v) is 48.3. The smallest absolute Gasteiger partial charge is 0.456 e. The Balaban J connectivity index is 5.44. The van der Waals surface area contributed by atoms with Crippen molar-refractivity contribution in [3.63, 3.8) is 0 Å². The van der Waals surface area contributed by atoms with Gasteiger partial charge in [-0.05, 0) is 51.0 Å². The summed E-state index contributed by atoms with van der Waals surface area (Å²) < 4.78 is 30.6. The number of phosphoric ester groups is 1. The van der Waals surface area contributed by atoms with Crippen LogP contribution in [0.4, 0.5) is 0 Å². The first-order chi connectivity index (χ1) is 34.9. The van der Waals surface area contributed by atoms with Crippen LogP contribution in [0.2, 0.25) is 0 Å². The third-order valence-electron chi connectivity index (χ3n) is 12.8. The summed E-state index contributed by atoms with van der Waals surface area (Å²) in [5, 5.41) is 3.04.